The first kappa shape index (κ1) is 17.6. The molecule has 1 aliphatic heterocycles. The van der Waals surface area contributed by atoms with E-state index in [0.717, 1.165) is 17.8 Å². The van der Waals surface area contributed by atoms with Crippen molar-refractivity contribution in [2.24, 2.45) is 5.92 Å². The minimum atomic E-state index is -0.839. The SMILES string of the molecule is CC[C@H]1[C@@H](OC(C)=O)[C@H](n2c(=O)sc3c(=O)[nH]c(N)nc32)O[C@@H]1CC. The van der Waals surface area contributed by atoms with Gasteiger partial charge in [-0.1, -0.05) is 25.2 Å². The van der Waals surface area contributed by atoms with E-state index < -0.39 is 28.7 Å². The molecule has 0 aliphatic carbocycles. The number of ether oxygens (including phenoxy) is 2. The van der Waals surface area contributed by atoms with Gasteiger partial charge in [-0.3, -0.25) is 23.9 Å². The van der Waals surface area contributed by atoms with Crippen molar-refractivity contribution < 1.29 is 14.3 Å². The molecule has 3 N–H and O–H groups in total. The molecule has 10 heteroatoms. The molecule has 3 heterocycles. The van der Waals surface area contributed by atoms with Crippen molar-refractivity contribution in [3.63, 3.8) is 0 Å². The first-order chi connectivity index (χ1) is 11.9. The Morgan fingerprint density at radius 1 is 1.40 bits per heavy atom. The van der Waals surface area contributed by atoms with E-state index in [-0.39, 0.29) is 28.3 Å². The van der Waals surface area contributed by atoms with Gasteiger partial charge in [-0.2, -0.15) is 4.98 Å². The summed E-state index contributed by atoms with van der Waals surface area (Å²) in [6.07, 6.45) is -0.209. The summed E-state index contributed by atoms with van der Waals surface area (Å²) >= 11 is 0.765. The van der Waals surface area contributed by atoms with Gasteiger partial charge in [-0.25, -0.2) is 0 Å². The number of fused-ring (bicyclic) bond motifs is 1. The quantitative estimate of drug-likeness (QED) is 0.770. The topological polar surface area (TPSA) is 129 Å². The number of nitrogens with two attached hydrogens (primary N) is 1. The number of hydrogen-bond acceptors (Lipinski definition) is 8. The Hall–Kier alpha value is -2.20. The molecule has 0 aromatic carbocycles. The van der Waals surface area contributed by atoms with Gasteiger partial charge in [0.25, 0.3) is 5.56 Å². The minimum Gasteiger partial charge on any atom is -0.457 e. The molecule has 0 spiro atoms. The Balaban J connectivity index is 2.18. The van der Waals surface area contributed by atoms with Crippen LogP contribution in [0.1, 0.15) is 39.8 Å². The van der Waals surface area contributed by atoms with Gasteiger partial charge in [0.05, 0.1) is 6.10 Å². The van der Waals surface area contributed by atoms with Crippen molar-refractivity contribution in [1.29, 1.82) is 0 Å². The fourth-order valence-corrected chi connectivity index (χ4v) is 4.23. The molecule has 25 heavy (non-hydrogen) atoms. The van der Waals surface area contributed by atoms with E-state index in [1.807, 2.05) is 13.8 Å². The third-order valence-corrected chi connectivity index (χ3v) is 5.36. The molecule has 0 saturated carbocycles. The monoisotopic (exact) mass is 368 g/mol. The highest BCUT2D eigenvalue weighted by Gasteiger charge is 2.47. The second-order valence-electron chi connectivity index (χ2n) is 5.96. The number of H-pyrrole nitrogens is 1. The highest BCUT2D eigenvalue weighted by molar-refractivity contribution is 7.16. The van der Waals surface area contributed by atoms with Crippen molar-refractivity contribution in [1.82, 2.24) is 14.5 Å². The van der Waals surface area contributed by atoms with E-state index in [1.54, 1.807) is 0 Å². The van der Waals surface area contributed by atoms with Crippen molar-refractivity contribution in [3.05, 3.63) is 20.0 Å². The normalized spacial score (nSPS) is 26.2. The van der Waals surface area contributed by atoms with E-state index in [9.17, 15) is 14.4 Å². The summed E-state index contributed by atoms with van der Waals surface area (Å²) in [4.78, 5) is 42.2. The molecule has 136 valence electrons. The summed E-state index contributed by atoms with van der Waals surface area (Å²) in [7, 11) is 0. The largest absolute Gasteiger partial charge is 0.457 e. The molecule has 4 atom stereocenters. The summed E-state index contributed by atoms with van der Waals surface area (Å²) in [5.74, 6) is -0.600. The summed E-state index contributed by atoms with van der Waals surface area (Å²) in [5.41, 5.74) is 5.28. The molecule has 9 nitrogen and oxygen atoms in total. The van der Waals surface area contributed by atoms with Crippen LogP contribution in [0.25, 0.3) is 10.3 Å². The number of esters is 1. The molecular formula is C15H20N4O5S. The number of carbonyl (C=O) groups excluding carboxylic acids is 1. The number of carbonyl (C=O) groups is 1. The number of nitrogens with zero attached hydrogens (tertiary/aromatic N) is 2. The molecule has 1 fully saturated rings. The van der Waals surface area contributed by atoms with Crippen LogP contribution in [0.5, 0.6) is 0 Å². The first-order valence-electron chi connectivity index (χ1n) is 8.10. The zero-order valence-corrected chi connectivity index (χ0v) is 15.0. The summed E-state index contributed by atoms with van der Waals surface area (Å²) in [6, 6.07) is 0. The summed E-state index contributed by atoms with van der Waals surface area (Å²) in [6.45, 7) is 5.26. The molecule has 1 saturated heterocycles. The van der Waals surface area contributed by atoms with Gasteiger partial charge in [0.1, 0.15) is 4.70 Å². The molecule has 2 aromatic heterocycles. The van der Waals surface area contributed by atoms with Gasteiger partial charge in [-0.15, -0.1) is 0 Å². The molecule has 2 aromatic rings. The van der Waals surface area contributed by atoms with Crippen LogP contribution in [0, 0.1) is 5.92 Å². The second-order valence-corrected chi connectivity index (χ2v) is 6.92. The smallest absolute Gasteiger partial charge is 0.311 e. The first-order valence-corrected chi connectivity index (χ1v) is 8.92. The third kappa shape index (κ3) is 2.95. The maximum Gasteiger partial charge on any atom is 0.311 e. The van der Waals surface area contributed by atoms with E-state index in [4.69, 9.17) is 15.2 Å². The Labute approximate surface area is 146 Å². The molecule has 0 radical (unpaired) electrons. The highest BCUT2D eigenvalue weighted by Crippen LogP contribution is 2.40. The van der Waals surface area contributed by atoms with Gasteiger partial charge in [0.15, 0.2) is 18.0 Å². The number of aromatic nitrogens is 3. The lowest BCUT2D eigenvalue weighted by molar-refractivity contribution is -0.153. The van der Waals surface area contributed by atoms with Crippen LogP contribution >= 0.6 is 11.3 Å². The Morgan fingerprint density at radius 3 is 2.72 bits per heavy atom. The van der Waals surface area contributed by atoms with Gasteiger partial charge >= 0.3 is 10.8 Å². The lowest BCUT2D eigenvalue weighted by atomic mass is 9.93. The van der Waals surface area contributed by atoms with Crippen LogP contribution in [0.15, 0.2) is 9.59 Å². The van der Waals surface area contributed by atoms with Crippen molar-refractivity contribution in [2.45, 2.75) is 52.0 Å². The number of hydrogen-bond donors (Lipinski definition) is 2. The van der Waals surface area contributed by atoms with Gasteiger partial charge in [0, 0.05) is 12.8 Å². The maximum absolute atomic E-state index is 12.5. The lowest BCUT2D eigenvalue weighted by Crippen LogP contribution is -2.34. The standard InChI is InChI=1S/C15H20N4O5S/c1-4-7-8(5-2)24-13(9(7)23-6(3)20)19-11-10(25-15(19)22)12(21)18-14(16)17-11/h7-9,13H,4-5H2,1-3H3,(H3,16,17,18,21)/t7-,8-,9-,13-/m1/s1. The maximum atomic E-state index is 12.5. The zero-order chi connectivity index (χ0) is 18.3. The summed E-state index contributed by atoms with van der Waals surface area (Å²) in [5, 5.41) is 0. The number of nitrogens with one attached hydrogen (secondary N) is 1. The van der Waals surface area contributed by atoms with Crippen LogP contribution in [0.4, 0.5) is 5.95 Å². The molecule has 1 aliphatic rings. The minimum absolute atomic E-state index is 0.0555. The van der Waals surface area contributed by atoms with Crippen LogP contribution < -0.4 is 16.2 Å². The molecule has 0 bridgehead atoms. The van der Waals surface area contributed by atoms with Gasteiger partial charge < -0.3 is 15.2 Å². The number of thiazole rings is 1. The molecule has 0 unspecified atom stereocenters. The second kappa shape index (κ2) is 6.60. The van der Waals surface area contributed by atoms with Crippen molar-refractivity contribution >= 4 is 33.6 Å². The average Bonchev–Trinajstić information content (AvgIpc) is 3.03. The Morgan fingerprint density at radius 2 is 2.12 bits per heavy atom. The number of rotatable bonds is 4. The lowest BCUT2D eigenvalue weighted by Gasteiger charge is -2.23. The Kier molecular flexibility index (Phi) is 4.65. The number of aromatic amines is 1. The fraction of sp³-hybridized carbons (Fsp3) is 0.600. The summed E-state index contributed by atoms with van der Waals surface area (Å²) < 4.78 is 13.0. The molecular weight excluding hydrogens is 348 g/mol. The predicted molar refractivity (Wildman–Crippen MR) is 92.4 cm³/mol. The van der Waals surface area contributed by atoms with Crippen molar-refractivity contribution in [3.8, 4) is 0 Å². The van der Waals surface area contributed by atoms with Gasteiger partial charge in [0.2, 0.25) is 5.95 Å². The van der Waals surface area contributed by atoms with Crippen LogP contribution in [-0.4, -0.2) is 32.7 Å². The zero-order valence-electron chi connectivity index (χ0n) is 14.1. The Bertz CT molecular complexity index is 917. The number of nitrogen functional groups attached to an aromatic ring is 1. The van der Waals surface area contributed by atoms with Crippen LogP contribution in [0.2, 0.25) is 0 Å². The van der Waals surface area contributed by atoms with E-state index >= 15 is 0 Å². The molecule has 0 amide bonds. The van der Waals surface area contributed by atoms with E-state index in [0.29, 0.717) is 6.42 Å². The van der Waals surface area contributed by atoms with E-state index in [2.05, 4.69) is 9.97 Å². The van der Waals surface area contributed by atoms with Gasteiger partial charge in [-0.05, 0) is 12.8 Å². The van der Waals surface area contributed by atoms with Crippen LogP contribution in [-0.2, 0) is 14.3 Å². The molecule has 3 rings (SSSR count). The van der Waals surface area contributed by atoms with Crippen LogP contribution in [0.3, 0.4) is 0 Å². The van der Waals surface area contributed by atoms with E-state index in [1.165, 1.54) is 11.5 Å². The third-order valence-electron chi connectivity index (χ3n) is 4.42. The van der Waals surface area contributed by atoms with Crippen molar-refractivity contribution in [2.75, 3.05) is 5.73 Å². The number of anilines is 1. The highest BCUT2D eigenvalue weighted by atomic mass is 32.1. The predicted octanol–water partition coefficient (Wildman–Crippen LogP) is 0.994. The fourth-order valence-electron chi connectivity index (χ4n) is 3.39. The average molecular weight is 368 g/mol.